The Morgan fingerprint density at radius 3 is 2.59 bits per heavy atom. The minimum absolute atomic E-state index is 0.0452. The molecule has 9 atom stereocenters. The van der Waals surface area contributed by atoms with Crippen molar-refractivity contribution in [2.75, 3.05) is 24.7 Å². The molecule has 24 heteroatoms. The molecule has 0 radical (unpaired) electrons. The Hall–Kier alpha value is -3.56. The Labute approximate surface area is 244 Å². The minimum atomic E-state index is -4.99. The number of ether oxygens (including phenoxy) is 2. The van der Waals surface area contributed by atoms with Crippen LogP contribution in [-0.4, -0.2) is 97.7 Å². The monoisotopic (exact) mass is 661 g/mol. The second kappa shape index (κ2) is 11.7. The van der Waals surface area contributed by atoms with E-state index in [1.54, 1.807) is 0 Å². The van der Waals surface area contributed by atoms with Gasteiger partial charge in [-0.1, -0.05) is 0 Å². The van der Waals surface area contributed by atoms with Gasteiger partial charge in [-0.3, -0.25) is 28.0 Å². The van der Waals surface area contributed by atoms with Gasteiger partial charge in [0.05, 0.1) is 25.4 Å². The highest BCUT2D eigenvalue weighted by molar-refractivity contribution is 7.47. The number of aromatic amines is 1. The number of alkyl halides is 1. The molecule has 4 aromatic heterocycles. The molecule has 8 N–H and O–H groups in total. The van der Waals surface area contributed by atoms with Crippen molar-refractivity contribution in [3.63, 3.8) is 0 Å². The average molecular weight is 661 g/mol. The van der Waals surface area contributed by atoms with Crippen molar-refractivity contribution < 1.29 is 51.5 Å². The van der Waals surface area contributed by atoms with E-state index in [1.165, 1.54) is 15.5 Å². The first-order chi connectivity index (χ1) is 20.9. The molecule has 0 bridgehead atoms. The molecule has 0 aliphatic carbocycles. The van der Waals surface area contributed by atoms with E-state index < -0.39 is 77.9 Å². The smallest absolute Gasteiger partial charge is 0.387 e. The van der Waals surface area contributed by atoms with E-state index in [0.717, 1.165) is 12.7 Å². The van der Waals surface area contributed by atoms with Gasteiger partial charge in [-0.2, -0.15) is 4.98 Å². The Balaban J connectivity index is 1.17. The first-order valence-corrected chi connectivity index (χ1v) is 15.3. The third-order valence-corrected chi connectivity index (χ3v) is 8.25. The quantitative estimate of drug-likeness (QED) is 0.113. The highest BCUT2D eigenvalue weighted by Gasteiger charge is 2.48. The van der Waals surface area contributed by atoms with Crippen molar-refractivity contribution >= 4 is 50.2 Å². The fourth-order valence-electron chi connectivity index (χ4n) is 4.93. The Kier molecular flexibility index (Phi) is 8.13. The van der Waals surface area contributed by atoms with Crippen LogP contribution in [0.4, 0.5) is 16.2 Å². The van der Waals surface area contributed by atoms with Crippen LogP contribution in [0, 0.1) is 0 Å². The van der Waals surface area contributed by atoms with Crippen molar-refractivity contribution in [1.82, 2.24) is 39.0 Å². The summed E-state index contributed by atoms with van der Waals surface area (Å²) in [5, 5.41) is 10.5. The number of aliphatic hydroxyl groups excluding tert-OH is 1. The number of nitrogens with two attached hydrogens (primary N) is 2. The molecule has 0 amide bonds. The lowest BCUT2D eigenvalue weighted by Gasteiger charge is -2.23. The highest BCUT2D eigenvalue weighted by Crippen LogP contribution is 2.50. The number of anilines is 2. The number of nitrogens with one attached hydrogen (secondary N) is 1. The zero-order chi connectivity index (χ0) is 31.3. The number of rotatable bonds is 10. The van der Waals surface area contributed by atoms with Gasteiger partial charge in [0.25, 0.3) is 5.56 Å². The third-order valence-electron chi connectivity index (χ3n) is 6.87. The van der Waals surface area contributed by atoms with Gasteiger partial charge in [0.15, 0.2) is 41.3 Å². The van der Waals surface area contributed by atoms with Gasteiger partial charge < -0.3 is 30.9 Å². The number of hydrogen-bond donors (Lipinski definition) is 6. The van der Waals surface area contributed by atoms with Crippen molar-refractivity contribution in [2.24, 2.45) is 0 Å². The molecule has 5 unspecified atom stereocenters. The summed E-state index contributed by atoms with van der Waals surface area (Å²) in [5.74, 6) is -0.198. The van der Waals surface area contributed by atoms with Gasteiger partial charge in [0.2, 0.25) is 5.95 Å². The Morgan fingerprint density at radius 2 is 1.84 bits per heavy atom. The maximum Gasteiger partial charge on any atom is 0.694 e. The molecule has 44 heavy (non-hydrogen) atoms. The third kappa shape index (κ3) is 5.79. The number of phosphoric ester groups is 1. The summed E-state index contributed by atoms with van der Waals surface area (Å²) in [4.78, 5) is 54.0. The summed E-state index contributed by atoms with van der Waals surface area (Å²) >= 11 is 0. The molecular formula is C20H24FN10O11P2+. The van der Waals surface area contributed by atoms with Crippen LogP contribution < -0.4 is 17.0 Å². The van der Waals surface area contributed by atoms with Gasteiger partial charge in [-0.15, -0.1) is 9.42 Å². The Bertz CT molecular complexity index is 1820. The summed E-state index contributed by atoms with van der Waals surface area (Å²) in [6, 6.07) is 0. The van der Waals surface area contributed by atoms with Gasteiger partial charge >= 0.3 is 16.1 Å². The Morgan fingerprint density at radius 1 is 1.11 bits per heavy atom. The van der Waals surface area contributed by atoms with Gasteiger partial charge in [-0.25, -0.2) is 28.9 Å². The summed E-state index contributed by atoms with van der Waals surface area (Å²) < 4.78 is 68.2. The number of fused-ring (bicyclic) bond motifs is 2. The summed E-state index contributed by atoms with van der Waals surface area (Å²) in [7, 11) is -7.98. The maximum atomic E-state index is 15.1. The maximum absolute atomic E-state index is 15.1. The van der Waals surface area contributed by atoms with Crippen LogP contribution in [0.3, 0.4) is 0 Å². The first-order valence-electron chi connectivity index (χ1n) is 12.6. The fraction of sp³-hybridized carbons (Fsp3) is 0.500. The molecular weight excluding hydrogens is 637 g/mol. The predicted octanol–water partition coefficient (Wildman–Crippen LogP) is -0.824. The summed E-state index contributed by atoms with van der Waals surface area (Å²) in [6.07, 6.45) is -6.79. The number of halogens is 1. The zero-order valence-electron chi connectivity index (χ0n) is 22.1. The molecule has 236 valence electrons. The van der Waals surface area contributed by atoms with E-state index in [1.807, 2.05) is 0 Å². The summed E-state index contributed by atoms with van der Waals surface area (Å²) in [5.41, 5.74) is 10.9. The predicted molar refractivity (Wildman–Crippen MR) is 142 cm³/mol. The number of hydrogen-bond acceptors (Lipinski definition) is 16. The lowest BCUT2D eigenvalue weighted by atomic mass is 10.1. The van der Waals surface area contributed by atoms with Gasteiger partial charge in [0.1, 0.15) is 36.8 Å². The standard InChI is InChI=1S/C20H23FN10O11P2/c21-10-13(32)9(41-19(10)30-5-26-11-14(22)24-4-25-15(11)30)3-39-44(36,37)42-8-1-7(2-38-43(34)35)40-18(8)31-6-27-12-16(31)28-20(23)29-17(12)33/h4-10,13,18-19,32H,1-3H2,(H6-,22,23,24,25,28,29,33,34,35,36,37)/p+1/t7-,8?,9+,10?,13?,18+,19+/m0/s1. The van der Waals surface area contributed by atoms with Crippen molar-refractivity contribution in [3.8, 4) is 0 Å². The molecule has 6 heterocycles. The van der Waals surface area contributed by atoms with Crippen molar-refractivity contribution in [2.45, 2.75) is 49.5 Å². The molecule has 2 fully saturated rings. The van der Waals surface area contributed by atoms with Crippen LogP contribution in [0.15, 0.2) is 23.8 Å². The SMILES string of the molecule is Nc1nc2c(ncn2[C@@H]2O[C@H](CO[P+](=O)O)CC2OP(=O)(O)OC[C@H]2O[C@@H](n3cnc4c(N)ncnc43)C(F)C2O)c(=O)[nH]1. The number of nitrogens with zero attached hydrogens (tertiary/aromatic N) is 7. The first kappa shape index (κ1) is 30.5. The molecule has 4 aromatic rings. The molecule has 2 aliphatic heterocycles. The van der Waals surface area contributed by atoms with Crippen molar-refractivity contribution in [1.29, 1.82) is 0 Å². The topological polar surface area (TPSA) is 300 Å². The number of aliphatic hydroxyl groups is 1. The van der Waals surface area contributed by atoms with Gasteiger partial charge in [-0.05, 0) is 0 Å². The van der Waals surface area contributed by atoms with Crippen LogP contribution in [0.25, 0.3) is 22.3 Å². The number of H-pyrrole nitrogens is 1. The number of nitrogen functional groups attached to an aromatic ring is 2. The molecule has 2 aliphatic rings. The highest BCUT2D eigenvalue weighted by atomic mass is 31.2. The van der Waals surface area contributed by atoms with E-state index in [-0.39, 0.29) is 40.5 Å². The lowest BCUT2D eigenvalue weighted by Crippen LogP contribution is -2.31. The number of imidazole rings is 2. The number of phosphoric acid groups is 1. The van der Waals surface area contributed by atoms with Crippen LogP contribution in [0.2, 0.25) is 0 Å². The van der Waals surface area contributed by atoms with E-state index in [2.05, 4.69) is 29.9 Å². The molecule has 6 rings (SSSR count). The summed E-state index contributed by atoms with van der Waals surface area (Å²) in [6.45, 7) is -1.19. The second-order valence-electron chi connectivity index (χ2n) is 9.68. The largest absolute Gasteiger partial charge is 0.694 e. The minimum Gasteiger partial charge on any atom is -0.387 e. The van der Waals surface area contributed by atoms with E-state index in [9.17, 15) is 23.9 Å². The lowest BCUT2D eigenvalue weighted by molar-refractivity contribution is -0.0589. The second-order valence-corrected chi connectivity index (χ2v) is 11.8. The molecule has 0 spiro atoms. The van der Waals surface area contributed by atoms with Crippen LogP contribution >= 0.6 is 16.1 Å². The van der Waals surface area contributed by atoms with Gasteiger partial charge in [0, 0.05) is 11.0 Å². The molecule has 2 saturated heterocycles. The van der Waals surface area contributed by atoms with E-state index in [0.29, 0.717) is 0 Å². The van der Waals surface area contributed by atoms with E-state index >= 15 is 4.39 Å². The number of aromatic nitrogens is 8. The normalized spacial score (nSPS) is 29.0. The van der Waals surface area contributed by atoms with E-state index in [4.69, 9.17) is 39.4 Å². The van der Waals surface area contributed by atoms with Crippen LogP contribution in [0.5, 0.6) is 0 Å². The van der Waals surface area contributed by atoms with Crippen molar-refractivity contribution in [3.05, 3.63) is 29.3 Å². The molecule has 21 nitrogen and oxygen atoms in total. The molecule has 0 aromatic carbocycles. The van der Waals surface area contributed by atoms with Crippen LogP contribution in [-0.2, 0) is 32.2 Å². The molecule has 0 saturated carbocycles. The fourth-order valence-corrected chi connectivity index (χ4v) is 6.15. The average Bonchev–Trinajstić information content (AvgIpc) is 3.73. The van der Waals surface area contributed by atoms with Crippen LogP contribution in [0.1, 0.15) is 18.9 Å². The zero-order valence-corrected chi connectivity index (χ0v) is 23.8.